The third kappa shape index (κ3) is 6.98. The molecule has 20 heavy (non-hydrogen) atoms. The van der Waals surface area contributed by atoms with Crippen molar-refractivity contribution in [1.29, 1.82) is 5.26 Å². The van der Waals surface area contributed by atoms with E-state index in [9.17, 15) is 9.59 Å². The van der Waals surface area contributed by atoms with Gasteiger partial charge in [0.1, 0.15) is 17.2 Å². The second-order valence-corrected chi connectivity index (χ2v) is 6.59. The van der Waals surface area contributed by atoms with Crippen LogP contribution < -0.4 is 10.6 Å². The average Bonchev–Trinajstić information content (AvgIpc) is 2.22. The standard InChI is InChI=1S/C14H25N3O3/c1-9(2)10(11(18)17-14(6,7)8-15)16-12(19)20-13(3,4)5/h9-10H,1-7H3,(H,16,19)(H,17,18). The zero-order chi connectivity index (χ0) is 16.1. The zero-order valence-corrected chi connectivity index (χ0v) is 13.3. The lowest BCUT2D eigenvalue weighted by Gasteiger charge is -2.27. The molecule has 0 heterocycles. The lowest BCUT2D eigenvalue weighted by Crippen LogP contribution is -2.55. The van der Waals surface area contributed by atoms with Gasteiger partial charge in [0.05, 0.1) is 6.07 Å². The van der Waals surface area contributed by atoms with Gasteiger partial charge in [-0.25, -0.2) is 4.79 Å². The van der Waals surface area contributed by atoms with Crippen LogP contribution in [0.5, 0.6) is 0 Å². The van der Waals surface area contributed by atoms with Crippen LogP contribution in [0.1, 0.15) is 48.5 Å². The second kappa shape index (κ2) is 6.60. The van der Waals surface area contributed by atoms with Gasteiger partial charge in [0.15, 0.2) is 0 Å². The van der Waals surface area contributed by atoms with Gasteiger partial charge in [-0.05, 0) is 40.5 Å². The first kappa shape index (κ1) is 18.2. The minimum Gasteiger partial charge on any atom is -0.444 e. The molecular weight excluding hydrogens is 258 g/mol. The van der Waals surface area contributed by atoms with Crippen LogP contribution in [0.2, 0.25) is 0 Å². The van der Waals surface area contributed by atoms with Crippen molar-refractivity contribution in [3.63, 3.8) is 0 Å². The molecule has 6 heteroatoms. The van der Waals surface area contributed by atoms with Gasteiger partial charge in [0.25, 0.3) is 0 Å². The molecule has 0 saturated heterocycles. The SMILES string of the molecule is CC(C)C(NC(=O)OC(C)(C)C)C(=O)NC(C)(C)C#N. The molecule has 1 atom stereocenters. The number of carbonyl (C=O) groups is 2. The third-order valence-electron chi connectivity index (χ3n) is 2.34. The van der Waals surface area contributed by atoms with Crippen LogP contribution in [0.3, 0.4) is 0 Å². The summed E-state index contributed by atoms with van der Waals surface area (Å²) in [5.74, 6) is -0.533. The van der Waals surface area contributed by atoms with Crippen molar-refractivity contribution in [1.82, 2.24) is 10.6 Å². The van der Waals surface area contributed by atoms with Gasteiger partial charge in [-0.2, -0.15) is 5.26 Å². The van der Waals surface area contributed by atoms with Crippen LogP contribution in [0.15, 0.2) is 0 Å². The van der Waals surface area contributed by atoms with Crippen molar-refractivity contribution in [2.75, 3.05) is 0 Å². The van der Waals surface area contributed by atoms with Crippen molar-refractivity contribution < 1.29 is 14.3 Å². The average molecular weight is 283 g/mol. The van der Waals surface area contributed by atoms with Gasteiger partial charge in [0, 0.05) is 0 Å². The highest BCUT2D eigenvalue weighted by molar-refractivity contribution is 5.86. The topological polar surface area (TPSA) is 91.2 Å². The molecule has 0 aromatic heterocycles. The Morgan fingerprint density at radius 2 is 1.65 bits per heavy atom. The fraction of sp³-hybridized carbons (Fsp3) is 0.786. The smallest absolute Gasteiger partial charge is 0.408 e. The number of rotatable bonds is 4. The quantitative estimate of drug-likeness (QED) is 0.825. The first-order chi connectivity index (χ1) is 8.88. The lowest BCUT2D eigenvalue weighted by molar-refractivity contribution is -0.125. The van der Waals surface area contributed by atoms with Crippen LogP contribution >= 0.6 is 0 Å². The van der Waals surface area contributed by atoms with Gasteiger partial charge in [-0.3, -0.25) is 4.79 Å². The Balaban J connectivity index is 4.79. The summed E-state index contributed by atoms with van der Waals surface area (Å²) in [4.78, 5) is 23.9. The molecule has 6 nitrogen and oxygen atoms in total. The Morgan fingerprint density at radius 1 is 1.15 bits per heavy atom. The maximum absolute atomic E-state index is 12.1. The fourth-order valence-electron chi connectivity index (χ4n) is 1.38. The molecule has 0 radical (unpaired) electrons. The molecule has 0 aromatic carbocycles. The normalized spacial score (nSPS) is 13.3. The molecule has 0 rings (SSSR count). The van der Waals surface area contributed by atoms with E-state index < -0.39 is 29.2 Å². The van der Waals surface area contributed by atoms with Gasteiger partial charge in [-0.1, -0.05) is 13.8 Å². The first-order valence-corrected chi connectivity index (χ1v) is 6.61. The summed E-state index contributed by atoms with van der Waals surface area (Å²) in [5.41, 5.74) is -1.62. The molecule has 0 aliphatic carbocycles. The van der Waals surface area contributed by atoms with Crippen LogP contribution in [0.25, 0.3) is 0 Å². The fourth-order valence-corrected chi connectivity index (χ4v) is 1.38. The number of nitrogens with zero attached hydrogens (tertiary/aromatic N) is 1. The summed E-state index contributed by atoms with van der Waals surface area (Å²) >= 11 is 0. The number of carbonyl (C=O) groups excluding carboxylic acids is 2. The van der Waals surface area contributed by atoms with Crippen molar-refractivity contribution in [2.24, 2.45) is 5.92 Å². The number of hydrogen-bond acceptors (Lipinski definition) is 4. The van der Waals surface area contributed by atoms with E-state index >= 15 is 0 Å². The van der Waals surface area contributed by atoms with Crippen molar-refractivity contribution >= 4 is 12.0 Å². The summed E-state index contributed by atoms with van der Waals surface area (Å²) in [6.45, 7) is 12.0. The lowest BCUT2D eigenvalue weighted by atomic mass is 10.0. The van der Waals surface area contributed by atoms with E-state index in [4.69, 9.17) is 10.00 Å². The minimum atomic E-state index is -0.986. The molecule has 114 valence electrons. The summed E-state index contributed by atoms with van der Waals surface area (Å²) in [6.07, 6.45) is -0.652. The number of amides is 2. The number of alkyl carbamates (subject to hydrolysis) is 1. The molecule has 1 unspecified atom stereocenters. The molecule has 2 N–H and O–H groups in total. The van der Waals surface area contributed by atoms with Gasteiger partial charge in [-0.15, -0.1) is 0 Å². The van der Waals surface area contributed by atoms with E-state index in [0.29, 0.717) is 0 Å². The van der Waals surface area contributed by atoms with Crippen LogP contribution in [-0.2, 0) is 9.53 Å². The molecule has 0 fully saturated rings. The maximum Gasteiger partial charge on any atom is 0.408 e. The molecule has 2 amide bonds. The van der Waals surface area contributed by atoms with Gasteiger partial charge < -0.3 is 15.4 Å². The van der Waals surface area contributed by atoms with Crippen LogP contribution in [-0.4, -0.2) is 29.2 Å². The summed E-state index contributed by atoms with van der Waals surface area (Å²) < 4.78 is 5.13. The molecule has 0 spiro atoms. The number of nitriles is 1. The zero-order valence-electron chi connectivity index (χ0n) is 13.3. The minimum absolute atomic E-state index is 0.128. The summed E-state index contributed by atoms with van der Waals surface area (Å²) in [6, 6.07) is 1.23. The van der Waals surface area contributed by atoms with E-state index in [-0.39, 0.29) is 5.92 Å². The van der Waals surface area contributed by atoms with Crippen molar-refractivity contribution in [3.8, 4) is 6.07 Å². The highest BCUT2D eigenvalue weighted by atomic mass is 16.6. The van der Waals surface area contributed by atoms with Crippen LogP contribution in [0.4, 0.5) is 4.79 Å². The molecular formula is C14H25N3O3. The third-order valence-corrected chi connectivity index (χ3v) is 2.34. The Morgan fingerprint density at radius 3 is 2.00 bits per heavy atom. The Hall–Kier alpha value is -1.77. The van der Waals surface area contributed by atoms with Crippen LogP contribution in [0, 0.1) is 17.2 Å². The Kier molecular flexibility index (Phi) is 6.01. The Labute approximate surface area is 120 Å². The predicted octanol–water partition coefficient (Wildman–Crippen LogP) is 1.95. The van der Waals surface area contributed by atoms with E-state index in [1.165, 1.54) is 0 Å². The van der Waals surface area contributed by atoms with Gasteiger partial charge >= 0.3 is 6.09 Å². The Bertz CT molecular complexity index is 403. The molecule has 0 aromatic rings. The monoisotopic (exact) mass is 283 g/mol. The highest BCUT2D eigenvalue weighted by Crippen LogP contribution is 2.10. The predicted molar refractivity (Wildman–Crippen MR) is 75.8 cm³/mol. The maximum atomic E-state index is 12.1. The largest absolute Gasteiger partial charge is 0.444 e. The number of nitrogens with one attached hydrogen (secondary N) is 2. The molecule has 0 bridgehead atoms. The summed E-state index contributed by atoms with van der Waals surface area (Å²) in [5, 5.41) is 14.0. The number of ether oxygens (including phenoxy) is 1. The first-order valence-electron chi connectivity index (χ1n) is 6.61. The van der Waals surface area contributed by atoms with E-state index in [2.05, 4.69) is 10.6 Å². The molecule has 0 saturated carbocycles. The van der Waals surface area contributed by atoms with E-state index in [1.54, 1.807) is 48.5 Å². The number of hydrogen-bond donors (Lipinski definition) is 2. The molecule has 0 aliphatic heterocycles. The molecule has 0 aliphatic rings. The van der Waals surface area contributed by atoms with Crippen molar-refractivity contribution in [3.05, 3.63) is 0 Å². The van der Waals surface area contributed by atoms with E-state index in [0.717, 1.165) is 0 Å². The van der Waals surface area contributed by atoms with Gasteiger partial charge in [0.2, 0.25) is 5.91 Å². The highest BCUT2D eigenvalue weighted by Gasteiger charge is 2.30. The second-order valence-electron chi connectivity index (χ2n) is 6.59. The van der Waals surface area contributed by atoms with Crippen molar-refractivity contribution in [2.45, 2.75) is 65.6 Å². The summed E-state index contributed by atoms with van der Waals surface area (Å²) in [7, 11) is 0. The van der Waals surface area contributed by atoms with E-state index in [1.807, 2.05) is 6.07 Å².